The number of benzene rings is 1. The van der Waals surface area contributed by atoms with Crippen LogP contribution in [0.1, 0.15) is 31.4 Å². The van der Waals surface area contributed by atoms with Gasteiger partial charge in [-0.05, 0) is 32.4 Å². The molecule has 114 valence electrons. The van der Waals surface area contributed by atoms with Crippen LogP contribution in [0.15, 0.2) is 30.3 Å². The van der Waals surface area contributed by atoms with Crippen molar-refractivity contribution < 1.29 is 9.59 Å². The summed E-state index contributed by atoms with van der Waals surface area (Å²) < 4.78 is 0. The number of rotatable bonds is 7. The molecule has 0 heterocycles. The molecule has 0 saturated heterocycles. The van der Waals surface area contributed by atoms with Gasteiger partial charge in [0.25, 0.3) is 0 Å². The number of hydrogen-bond donors (Lipinski definition) is 2. The van der Waals surface area contributed by atoms with Crippen LogP contribution in [-0.2, 0) is 9.59 Å². The number of amides is 2. The Morgan fingerprint density at radius 1 is 1.19 bits per heavy atom. The minimum Gasteiger partial charge on any atom is -0.352 e. The first kappa shape index (κ1) is 15.5. The third-order valence-electron chi connectivity index (χ3n) is 3.45. The normalized spacial score (nSPS) is 15.6. The third-order valence-corrected chi connectivity index (χ3v) is 3.45. The number of nitrogens with zero attached hydrogens (tertiary/aromatic N) is 1. The van der Waals surface area contributed by atoms with Crippen molar-refractivity contribution in [1.29, 1.82) is 0 Å². The predicted molar refractivity (Wildman–Crippen MR) is 81.7 cm³/mol. The Kier molecular flexibility index (Phi) is 5.33. The SMILES string of the molecule is C[C@@H](NC(=O)CN(C)CC(=O)NC1CC1)c1ccccc1. The molecule has 1 aliphatic carbocycles. The molecule has 0 unspecified atom stereocenters. The molecule has 5 nitrogen and oxygen atoms in total. The fourth-order valence-corrected chi connectivity index (χ4v) is 2.16. The summed E-state index contributed by atoms with van der Waals surface area (Å²) in [6.45, 7) is 2.42. The Balaban J connectivity index is 1.71. The van der Waals surface area contributed by atoms with Crippen molar-refractivity contribution in [1.82, 2.24) is 15.5 Å². The van der Waals surface area contributed by atoms with Crippen LogP contribution in [0.3, 0.4) is 0 Å². The minimum atomic E-state index is -0.0759. The maximum Gasteiger partial charge on any atom is 0.234 e. The molecule has 1 atom stereocenters. The van der Waals surface area contributed by atoms with Gasteiger partial charge in [0.15, 0.2) is 0 Å². The number of carbonyl (C=O) groups is 2. The number of carbonyl (C=O) groups excluding carboxylic acids is 2. The van der Waals surface area contributed by atoms with Gasteiger partial charge in [-0.3, -0.25) is 14.5 Å². The highest BCUT2D eigenvalue weighted by atomic mass is 16.2. The first-order valence-corrected chi connectivity index (χ1v) is 7.37. The van der Waals surface area contributed by atoms with Gasteiger partial charge >= 0.3 is 0 Å². The second-order valence-electron chi connectivity index (χ2n) is 5.71. The summed E-state index contributed by atoms with van der Waals surface area (Å²) >= 11 is 0. The molecule has 2 N–H and O–H groups in total. The Labute approximate surface area is 125 Å². The molecule has 2 rings (SSSR count). The van der Waals surface area contributed by atoms with Crippen LogP contribution >= 0.6 is 0 Å². The number of likely N-dealkylation sites (N-methyl/N-ethyl adjacent to an activating group) is 1. The molecule has 0 radical (unpaired) electrons. The summed E-state index contributed by atoms with van der Waals surface area (Å²) in [4.78, 5) is 25.3. The molecular weight excluding hydrogens is 266 g/mol. The predicted octanol–water partition coefficient (Wildman–Crippen LogP) is 1.07. The van der Waals surface area contributed by atoms with Crippen LogP contribution in [-0.4, -0.2) is 42.9 Å². The fraction of sp³-hybridized carbons (Fsp3) is 0.500. The highest BCUT2D eigenvalue weighted by Crippen LogP contribution is 2.18. The molecule has 1 aliphatic rings. The molecule has 0 aromatic heterocycles. The summed E-state index contributed by atoms with van der Waals surface area (Å²) in [5, 5.41) is 5.85. The Morgan fingerprint density at radius 2 is 1.81 bits per heavy atom. The van der Waals surface area contributed by atoms with E-state index in [0.717, 1.165) is 18.4 Å². The van der Waals surface area contributed by atoms with E-state index in [4.69, 9.17) is 0 Å². The van der Waals surface area contributed by atoms with Gasteiger partial charge in [0.1, 0.15) is 0 Å². The van der Waals surface area contributed by atoms with Crippen molar-refractivity contribution in [3.63, 3.8) is 0 Å². The van der Waals surface area contributed by atoms with Gasteiger partial charge in [-0.2, -0.15) is 0 Å². The summed E-state index contributed by atoms with van der Waals surface area (Å²) in [5.74, 6) is -0.0861. The molecule has 5 heteroatoms. The molecule has 1 aromatic rings. The zero-order valence-corrected chi connectivity index (χ0v) is 12.6. The van der Waals surface area contributed by atoms with Crippen LogP contribution in [0.2, 0.25) is 0 Å². The lowest BCUT2D eigenvalue weighted by atomic mass is 10.1. The standard InChI is InChI=1S/C16H23N3O2/c1-12(13-6-4-3-5-7-13)17-15(20)10-19(2)11-16(21)18-14-8-9-14/h3-7,12,14H,8-11H2,1-2H3,(H,17,20)(H,18,21)/t12-/m1/s1. The topological polar surface area (TPSA) is 61.4 Å². The van der Waals surface area contributed by atoms with Gasteiger partial charge in [0.05, 0.1) is 19.1 Å². The molecular formula is C16H23N3O2. The van der Waals surface area contributed by atoms with Crippen LogP contribution in [0, 0.1) is 0 Å². The van der Waals surface area contributed by atoms with Crippen LogP contribution in [0.5, 0.6) is 0 Å². The molecule has 1 aromatic carbocycles. The van der Waals surface area contributed by atoms with Crippen molar-refractivity contribution in [3.05, 3.63) is 35.9 Å². The van der Waals surface area contributed by atoms with Gasteiger partial charge in [0.2, 0.25) is 11.8 Å². The summed E-state index contributed by atoms with van der Waals surface area (Å²) in [6, 6.07) is 10.1. The van der Waals surface area contributed by atoms with Crippen molar-refractivity contribution in [2.45, 2.75) is 31.8 Å². The number of hydrogen-bond acceptors (Lipinski definition) is 3. The largest absolute Gasteiger partial charge is 0.352 e. The van der Waals surface area contributed by atoms with Crippen LogP contribution in [0.25, 0.3) is 0 Å². The maximum absolute atomic E-state index is 12.0. The van der Waals surface area contributed by atoms with E-state index in [-0.39, 0.29) is 30.9 Å². The minimum absolute atomic E-state index is 0.0103. The lowest BCUT2D eigenvalue weighted by molar-refractivity contribution is -0.125. The van der Waals surface area contributed by atoms with E-state index in [1.165, 1.54) is 0 Å². The van der Waals surface area contributed by atoms with Crippen LogP contribution < -0.4 is 10.6 Å². The molecule has 1 saturated carbocycles. The van der Waals surface area contributed by atoms with Gasteiger partial charge in [-0.25, -0.2) is 0 Å². The third kappa shape index (κ3) is 5.55. The summed E-state index contributed by atoms with van der Waals surface area (Å²) in [6.07, 6.45) is 2.15. The molecule has 0 bridgehead atoms. The van der Waals surface area contributed by atoms with Crippen molar-refractivity contribution in [3.8, 4) is 0 Å². The summed E-state index contributed by atoms with van der Waals surface area (Å²) in [5.41, 5.74) is 1.07. The molecule has 2 amide bonds. The van der Waals surface area contributed by atoms with Crippen LogP contribution in [0.4, 0.5) is 0 Å². The second-order valence-corrected chi connectivity index (χ2v) is 5.71. The Hall–Kier alpha value is -1.88. The lowest BCUT2D eigenvalue weighted by Crippen LogP contribution is -2.41. The molecule has 1 fully saturated rings. The zero-order chi connectivity index (χ0) is 15.2. The maximum atomic E-state index is 12.0. The van der Waals surface area contributed by atoms with Crippen molar-refractivity contribution in [2.24, 2.45) is 0 Å². The van der Waals surface area contributed by atoms with Crippen molar-refractivity contribution in [2.75, 3.05) is 20.1 Å². The summed E-state index contributed by atoms with van der Waals surface area (Å²) in [7, 11) is 1.78. The van der Waals surface area contributed by atoms with E-state index in [1.807, 2.05) is 37.3 Å². The van der Waals surface area contributed by atoms with E-state index in [0.29, 0.717) is 6.04 Å². The Bertz CT molecular complexity index is 486. The monoisotopic (exact) mass is 289 g/mol. The Morgan fingerprint density at radius 3 is 2.43 bits per heavy atom. The first-order chi connectivity index (χ1) is 10.0. The van der Waals surface area contributed by atoms with Gasteiger partial charge < -0.3 is 10.6 Å². The van der Waals surface area contributed by atoms with E-state index >= 15 is 0 Å². The first-order valence-electron chi connectivity index (χ1n) is 7.37. The molecule has 21 heavy (non-hydrogen) atoms. The quantitative estimate of drug-likeness (QED) is 0.789. The fourth-order valence-electron chi connectivity index (χ4n) is 2.16. The lowest BCUT2D eigenvalue weighted by Gasteiger charge is -2.19. The average Bonchev–Trinajstić information content (AvgIpc) is 3.22. The van der Waals surface area contributed by atoms with E-state index in [2.05, 4.69) is 10.6 Å². The highest BCUT2D eigenvalue weighted by molar-refractivity contribution is 5.81. The van der Waals surface area contributed by atoms with Crippen molar-refractivity contribution >= 4 is 11.8 Å². The molecule has 0 spiro atoms. The van der Waals surface area contributed by atoms with E-state index in [9.17, 15) is 9.59 Å². The van der Waals surface area contributed by atoms with Gasteiger partial charge in [0, 0.05) is 6.04 Å². The second kappa shape index (κ2) is 7.22. The van der Waals surface area contributed by atoms with E-state index < -0.39 is 0 Å². The number of nitrogens with one attached hydrogen (secondary N) is 2. The van der Waals surface area contributed by atoms with Gasteiger partial charge in [-0.15, -0.1) is 0 Å². The highest BCUT2D eigenvalue weighted by Gasteiger charge is 2.23. The van der Waals surface area contributed by atoms with E-state index in [1.54, 1.807) is 11.9 Å². The molecule has 0 aliphatic heterocycles. The average molecular weight is 289 g/mol. The van der Waals surface area contributed by atoms with Gasteiger partial charge in [-0.1, -0.05) is 30.3 Å². The smallest absolute Gasteiger partial charge is 0.234 e. The zero-order valence-electron chi connectivity index (χ0n) is 12.6.